The van der Waals surface area contributed by atoms with E-state index in [9.17, 15) is 36.3 Å². The number of benzene rings is 3. The normalized spacial score (nSPS) is 17.1. The lowest BCUT2D eigenvalue weighted by molar-refractivity contribution is -0.141. The number of carbonyl (C=O) groups excluding carboxylic acids is 2. The molecule has 4 N–H and O–H groups in total. The second kappa shape index (κ2) is 15.5. The summed E-state index contributed by atoms with van der Waals surface area (Å²) < 4.78 is 78.9. The van der Waals surface area contributed by atoms with Crippen LogP contribution in [0.3, 0.4) is 0 Å². The summed E-state index contributed by atoms with van der Waals surface area (Å²) in [4.78, 5) is 39.9. The Morgan fingerprint density at radius 3 is 1.82 bits per heavy atom. The minimum atomic E-state index is -4.22. The average Bonchev–Trinajstić information content (AvgIpc) is 3.63. The fourth-order valence-corrected chi connectivity index (χ4v) is 7.02. The number of amides is 2. The van der Waals surface area contributed by atoms with E-state index in [4.69, 9.17) is 23.3 Å². The van der Waals surface area contributed by atoms with Crippen molar-refractivity contribution < 1.29 is 59.6 Å². The number of hydrogen-bond acceptors (Lipinski definition) is 10. The van der Waals surface area contributed by atoms with E-state index in [2.05, 4.69) is 5.32 Å². The molecule has 0 spiro atoms. The summed E-state index contributed by atoms with van der Waals surface area (Å²) in [6.45, 7) is -0.461. The molecule has 17 heteroatoms. The maximum absolute atomic E-state index is 13.4. The van der Waals surface area contributed by atoms with Gasteiger partial charge in [-0.3, -0.25) is 18.8 Å². The highest BCUT2D eigenvalue weighted by Gasteiger charge is 2.42. The molecule has 5 rings (SSSR count). The summed E-state index contributed by atoms with van der Waals surface area (Å²) >= 11 is 0. The fraction of sp³-hybridized carbons (Fsp3) is 0.364. The second-order valence-electron chi connectivity index (χ2n) is 11.9. The molecule has 1 saturated heterocycles. The van der Waals surface area contributed by atoms with E-state index in [1.54, 1.807) is 0 Å². The summed E-state index contributed by atoms with van der Waals surface area (Å²) in [5.74, 6) is -3.10. The molecule has 15 nitrogen and oxygen atoms in total. The summed E-state index contributed by atoms with van der Waals surface area (Å²) in [6.07, 6.45) is -1.07. The Morgan fingerprint density at radius 1 is 0.800 bits per heavy atom. The van der Waals surface area contributed by atoms with Crippen LogP contribution in [0.25, 0.3) is 11.1 Å². The molecule has 2 atom stereocenters. The third kappa shape index (κ3) is 9.50. The largest absolute Gasteiger partial charge is 0.493 e. The second-order valence-corrected chi connectivity index (χ2v) is 15.0. The number of hydrogen-bond donors (Lipinski definition) is 4. The number of nitrogens with zero attached hydrogens (tertiary/aromatic N) is 1. The third-order valence-corrected chi connectivity index (χ3v) is 9.87. The number of carboxylic acids is 1. The van der Waals surface area contributed by atoms with Crippen LogP contribution in [0.2, 0.25) is 0 Å². The Hall–Kier alpha value is -4.71. The Balaban J connectivity index is 1.25. The SMILES string of the molecule is O=C(N[C@H]1C[C@@H](C(=O)O)N(C(=O)OCC2c3ccccc3-c3ccccc32)C1)c1cc(OCCCS(=O)(=O)O)cc(OCCCS(=O)(=O)O)c1. The fourth-order valence-electron chi connectivity index (χ4n) is 6.05. The minimum Gasteiger partial charge on any atom is -0.493 e. The number of rotatable bonds is 15. The van der Waals surface area contributed by atoms with Crippen LogP contribution in [-0.2, 0) is 29.8 Å². The summed E-state index contributed by atoms with van der Waals surface area (Å²) in [7, 11) is -8.44. The highest BCUT2D eigenvalue weighted by molar-refractivity contribution is 7.86. The lowest BCUT2D eigenvalue weighted by Gasteiger charge is -2.22. The number of aliphatic carboxylic acids is 1. The van der Waals surface area contributed by atoms with Gasteiger partial charge in [-0.1, -0.05) is 48.5 Å². The monoisotopic (exact) mass is 732 g/mol. The van der Waals surface area contributed by atoms with Crippen LogP contribution in [-0.4, -0.2) is 104 Å². The minimum absolute atomic E-state index is 0.00789. The highest BCUT2D eigenvalue weighted by atomic mass is 32.2. The van der Waals surface area contributed by atoms with Crippen molar-refractivity contribution in [3.8, 4) is 22.6 Å². The van der Waals surface area contributed by atoms with E-state index in [0.29, 0.717) is 0 Å². The van der Waals surface area contributed by atoms with Crippen molar-refractivity contribution in [1.82, 2.24) is 10.2 Å². The van der Waals surface area contributed by atoms with Crippen molar-refractivity contribution >= 4 is 38.2 Å². The molecule has 1 aliphatic heterocycles. The van der Waals surface area contributed by atoms with Crippen molar-refractivity contribution in [2.75, 3.05) is 37.9 Å². The van der Waals surface area contributed by atoms with Gasteiger partial charge in [-0.25, -0.2) is 9.59 Å². The first-order valence-electron chi connectivity index (χ1n) is 15.6. The van der Waals surface area contributed by atoms with Gasteiger partial charge in [-0.15, -0.1) is 0 Å². The molecule has 0 bridgehead atoms. The van der Waals surface area contributed by atoms with E-state index in [1.165, 1.54) is 18.2 Å². The summed E-state index contributed by atoms with van der Waals surface area (Å²) in [5, 5.41) is 12.6. The van der Waals surface area contributed by atoms with E-state index < -0.39 is 61.8 Å². The number of likely N-dealkylation sites (tertiary alicyclic amines) is 1. The number of carbonyl (C=O) groups is 3. The molecule has 1 fully saturated rings. The van der Waals surface area contributed by atoms with Gasteiger partial charge in [0.2, 0.25) is 0 Å². The molecule has 268 valence electrons. The van der Waals surface area contributed by atoms with E-state index in [0.717, 1.165) is 27.2 Å². The summed E-state index contributed by atoms with van der Waals surface area (Å²) in [5.41, 5.74) is 4.07. The van der Waals surface area contributed by atoms with Gasteiger partial charge >= 0.3 is 12.1 Å². The molecule has 0 aromatic heterocycles. The quantitative estimate of drug-likeness (QED) is 0.130. The molecule has 0 saturated carbocycles. The number of nitrogens with one attached hydrogen (secondary N) is 1. The molecular weight excluding hydrogens is 696 g/mol. The predicted octanol–water partition coefficient (Wildman–Crippen LogP) is 3.21. The maximum Gasteiger partial charge on any atom is 0.410 e. The van der Waals surface area contributed by atoms with Crippen LogP contribution >= 0.6 is 0 Å². The van der Waals surface area contributed by atoms with Gasteiger partial charge in [-0.2, -0.15) is 16.8 Å². The lowest BCUT2D eigenvalue weighted by Crippen LogP contribution is -2.42. The predicted molar refractivity (Wildman–Crippen MR) is 179 cm³/mol. The Labute approximate surface area is 288 Å². The first-order valence-corrected chi connectivity index (χ1v) is 18.9. The van der Waals surface area contributed by atoms with Gasteiger partial charge in [-0.05, 0) is 47.2 Å². The van der Waals surface area contributed by atoms with Crippen LogP contribution in [0.15, 0.2) is 66.7 Å². The molecule has 2 aliphatic rings. The first kappa shape index (κ1) is 36.6. The average molecular weight is 733 g/mol. The lowest BCUT2D eigenvalue weighted by atomic mass is 9.98. The molecule has 3 aromatic rings. The topological polar surface area (TPSA) is 223 Å². The van der Waals surface area contributed by atoms with Crippen molar-refractivity contribution in [3.05, 3.63) is 83.4 Å². The molecule has 0 radical (unpaired) electrons. The first-order chi connectivity index (χ1) is 23.7. The van der Waals surface area contributed by atoms with Crippen LogP contribution in [0.1, 0.15) is 46.7 Å². The number of fused-ring (bicyclic) bond motifs is 3. The van der Waals surface area contributed by atoms with Crippen molar-refractivity contribution in [2.45, 2.75) is 37.3 Å². The van der Waals surface area contributed by atoms with Crippen LogP contribution in [0, 0.1) is 0 Å². The zero-order valence-corrected chi connectivity index (χ0v) is 28.3. The van der Waals surface area contributed by atoms with Gasteiger partial charge in [0.15, 0.2) is 0 Å². The van der Waals surface area contributed by atoms with Gasteiger partial charge in [0.25, 0.3) is 26.1 Å². The number of ether oxygens (including phenoxy) is 3. The molecule has 0 unspecified atom stereocenters. The smallest absolute Gasteiger partial charge is 0.410 e. The van der Waals surface area contributed by atoms with Crippen LogP contribution in [0.4, 0.5) is 4.79 Å². The van der Waals surface area contributed by atoms with E-state index >= 15 is 0 Å². The van der Waals surface area contributed by atoms with Crippen molar-refractivity contribution in [2.24, 2.45) is 0 Å². The van der Waals surface area contributed by atoms with Gasteiger partial charge < -0.3 is 24.6 Å². The zero-order chi connectivity index (χ0) is 36.1. The maximum atomic E-state index is 13.4. The third-order valence-electron chi connectivity index (χ3n) is 8.26. The molecule has 2 amide bonds. The van der Waals surface area contributed by atoms with Crippen LogP contribution in [0.5, 0.6) is 11.5 Å². The zero-order valence-electron chi connectivity index (χ0n) is 26.6. The van der Waals surface area contributed by atoms with Gasteiger partial charge in [0, 0.05) is 36.6 Å². The Kier molecular flexibility index (Phi) is 11.3. The summed E-state index contributed by atoms with van der Waals surface area (Å²) in [6, 6.07) is 17.6. The van der Waals surface area contributed by atoms with Crippen molar-refractivity contribution in [3.63, 3.8) is 0 Å². The van der Waals surface area contributed by atoms with Gasteiger partial charge in [0.1, 0.15) is 24.1 Å². The number of carboxylic acid groups (broad SMARTS) is 1. The molecule has 1 aliphatic carbocycles. The molecule has 1 heterocycles. The molecule has 50 heavy (non-hydrogen) atoms. The highest BCUT2D eigenvalue weighted by Crippen LogP contribution is 2.44. The Morgan fingerprint density at radius 2 is 1.32 bits per heavy atom. The van der Waals surface area contributed by atoms with Crippen molar-refractivity contribution in [1.29, 1.82) is 0 Å². The standard InChI is InChI=1S/C33H36N2O13S2/c36-31(21-15-23(46-11-5-13-49(40,41)42)18-24(16-21)47-12-6-14-50(43,44)45)34-22-17-30(32(37)38)35(19-22)33(39)48-20-29-27-9-3-1-7-25(27)26-8-2-4-10-28(26)29/h1-4,7-10,15-16,18,22,29-30H,5-6,11-14,17,19-20H2,(H,34,36)(H,37,38)(H,40,41,42)(H,43,44,45)/t22-,30-/m0/s1. The molecular formula is C33H36N2O13S2. The van der Waals surface area contributed by atoms with Gasteiger partial charge in [0.05, 0.1) is 24.7 Å². The van der Waals surface area contributed by atoms with E-state index in [1.807, 2.05) is 48.5 Å². The van der Waals surface area contributed by atoms with E-state index in [-0.39, 0.29) is 68.6 Å². The van der Waals surface area contributed by atoms with Crippen LogP contribution < -0.4 is 14.8 Å². The molecule has 3 aromatic carbocycles. The Bertz CT molecular complexity index is 1860.